The minimum atomic E-state index is -1.94. The summed E-state index contributed by atoms with van der Waals surface area (Å²) >= 11 is -1.94. The summed E-state index contributed by atoms with van der Waals surface area (Å²) in [6.07, 6.45) is 0.227. The molecule has 120 valence electrons. The van der Waals surface area contributed by atoms with Gasteiger partial charge in [-0.15, -0.1) is 0 Å². The first kappa shape index (κ1) is 14.7. The molecular weight excluding hydrogens is 332 g/mol. The lowest BCUT2D eigenvalue weighted by Crippen LogP contribution is -2.46. The van der Waals surface area contributed by atoms with Crippen molar-refractivity contribution in [1.29, 1.82) is 0 Å². The molecule has 0 aromatic heterocycles. The van der Waals surface area contributed by atoms with Gasteiger partial charge in [-0.25, -0.2) is 4.21 Å². The molecule has 1 aliphatic heterocycles. The standard InChI is InChI=1S/C16H10N2O5S/c19-15-13-4-2-1-3-11(13)9-16(15)14(17-23-24(16)22)10-5-7-12(8-6-10)18(20)21/h1-8H,9H2/t16-,24+/m0/s1. The number of ketones is 1. The van der Waals surface area contributed by atoms with Crippen molar-refractivity contribution < 1.29 is 18.2 Å². The van der Waals surface area contributed by atoms with Crippen LogP contribution in [-0.2, 0) is 21.8 Å². The lowest BCUT2D eigenvalue weighted by Gasteiger charge is -2.18. The molecule has 0 radical (unpaired) electrons. The number of fused-ring (bicyclic) bond motifs is 1. The maximum atomic E-state index is 12.9. The van der Waals surface area contributed by atoms with E-state index in [-0.39, 0.29) is 23.6 Å². The summed E-state index contributed by atoms with van der Waals surface area (Å²) in [5.74, 6) is -0.300. The minimum absolute atomic E-state index is 0.0746. The van der Waals surface area contributed by atoms with Crippen LogP contribution in [-0.4, -0.2) is 25.4 Å². The van der Waals surface area contributed by atoms with E-state index in [2.05, 4.69) is 5.16 Å². The molecule has 0 fully saturated rings. The van der Waals surface area contributed by atoms with E-state index in [4.69, 9.17) is 4.28 Å². The summed E-state index contributed by atoms with van der Waals surface area (Å²) in [5, 5.41) is 14.6. The smallest absolute Gasteiger partial charge is 0.269 e. The predicted octanol–water partition coefficient (Wildman–Crippen LogP) is 2.17. The second-order valence-corrected chi connectivity index (χ2v) is 6.86. The van der Waals surface area contributed by atoms with E-state index in [1.165, 1.54) is 24.3 Å². The Kier molecular flexibility index (Phi) is 3.10. The third-order valence-corrected chi connectivity index (χ3v) is 5.59. The molecule has 2 aliphatic rings. The molecule has 8 heteroatoms. The van der Waals surface area contributed by atoms with Gasteiger partial charge in [-0.2, -0.15) is 0 Å². The molecule has 2 aromatic rings. The van der Waals surface area contributed by atoms with Crippen LogP contribution in [0.2, 0.25) is 0 Å². The number of nitrogens with zero attached hydrogens (tertiary/aromatic N) is 2. The van der Waals surface area contributed by atoms with Gasteiger partial charge in [0, 0.05) is 29.7 Å². The molecule has 4 rings (SSSR count). The van der Waals surface area contributed by atoms with Crippen LogP contribution in [0.15, 0.2) is 53.7 Å². The topological polar surface area (TPSA) is 98.9 Å². The largest absolute Gasteiger partial charge is 0.292 e. The Bertz CT molecular complexity index is 938. The molecule has 0 amide bonds. The van der Waals surface area contributed by atoms with Gasteiger partial charge < -0.3 is 0 Å². The number of hydrogen-bond donors (Lipinski definition) is 0. The van der Waals surface area contributed by atoms with E-state index in [0.717, 1.165) is 5.56 Å². The van der Waals surface area contributed by atoms with Gasteiger partial charge in [-0.3, -0.25) is 19.2 Å². The summed E-state index contributed by atoms with van der Waals surface area (Å²) in [5.41, 5.74) is 1.95. The monoisotopic (exact) mass is 342 g/mol. The first-order valence-electron chi connectivity index (χ1n) is 7.09. The Morgan fingerprint density at radius 2 is 1.88 bits per heavy atom. The van der Waals surface area contributed by atoms with Crippen LogP contribution in [0, 0.1) is 10.1 Å². The fourth-order valence-electron chi connectivity index (χ4n) is 3.10. The third kappa shape index (κ3) is 1.86. The Morgan fingerprint density at radius 3 is 2.54 bits per heavy atom. The van der Waals surface area contributed by atoms with Crippen molar-refractivity contribution >= 4 is 28.3 Å². The van der Waals surface area contributed by atoms with Crippen LogP contribution >= 0.6 is 0 Å². The summed E-state index contributed by atoms with van der Waals surface area (Å²) in [4.78, 5) is 23.2. The average molecular weight is 342 g/mol. The van der Waals surface area contributed by atoms with Gasteiger partial charge in [0.05, 0.1) is 4.92 Å². The van der Waals surface area contributed by atoms with E-state index < -0.39 is 20.8 Å². The molecule has 24 heavy (non-hydrogen) atoms. The predicted molar refractivity (Wildman–Crippen MR) is 86.1 cm³/mol. The number of benzene rings is 2. The summed E-state index contributed by atoms with van der Waals surface area (Å²) < 4.78 is 16.0. The molecule has 0 N–H and O–H groups in total. The fourth-order valence-corrected chi connectivity index (χ4v) is 4.22. The van der Waals surface area contributed by atoms with Crippen molar-refractivity contribution in [2.24, 2.45) is 5.16 Å². The number of nitro benzene ring substituents is 1. The highest BCUT2D eigenvalue weighted by atomic mass is 32.2. The average Bonchev–Trinajstić information content (AvgIpc) is 3.07. The van der Waals surface area contributed by atoms with E-state index in [0.29, 0.717) is 11.1 Å². The van der Waals surface area contributed by atoms with E-state index >= 15 is 0 Å². The van der Waals surface area contributed by atoms with Crippen molar-refractivity contribution in [3.05, 3.63) is 75.3 Å². The number of non-ortho nitro benzene ring substituents is 1. The Morgan fingerprint density at radius 1 is 1.17 bits per heavy atom. The molecule has 2 atom stereocenters. The number of oxime groups is 1. The lowest BCUT2D eigenvalue weighted by atomic mass is 9.92. The van der Waals surface area contributed by atoms with Gasteiger partial charge in [0.15, 0.2) is 10.5 Å². The summed E-state index contributed by atoms with van der Waals surface area (Å²) in [6.45, 7) is 0. The molecule has 7 nitrogen and oxygen atoms in total. The zero-order valence-corrected chi connectivity index (χ0v) is 13.0. The normalized spacial score (nSPS) is 24.6. The van der Waals surface area contributed by atoms with Crippen molar-refractivity contribution in [2.45, 2.75) is 11.2 Å². The van der Waals surface area contributed by atoms with E-state index in [1.54, 1.807) is 12.1 Å². The van der Waals surface area contributed by atoms with Crippen LogP contribution < -0.4 is 0 Å². The van der Waals surface area contributed by atoms with Crippen molar-refractivity contribution in [3.63, 3.8) is 0 Å². The number of carbonyl (C=O) groups excluding carboxylic acids is 1. The highest BCUT2D eigenvalue weighted by Crippen LogP contribution is 2.41. The number of nitro groups is 1. The number of rotatable bonds is 2. The van der Waals surface area contributed by atoms with Crippen molar-refractivity contribution in [2.75, 3.05) is 0 Å². The molecular formula is C16H10N2O5S. The van der Waals surface area contributed by atoms with Gasteiger partial charge in [0.1, 0.15) is 5.71 Å². The van der Waals surface area contributed by atoms with Crippen LogP contribution in [0.25, 0.3) is 0 Å². The van der Waals surface area contributed by atoms with E-state index in [9.17, 15) is 19.1 Å². The molecule has 1 spiro atoms. The quantitative estimate of drug-likeness (QED) is 0.615. The SMILES string of the molecule is O=C1c2ccccc2C[C@]12C(c1ccc([N+](=O)[O-])cc1)=NO[S@]2=O. The molecule has 0 bridgehead atoms. The van der Waals surface area contributed by atoms with Crippen LogP contribution in [0.1, 0.15) is 21.5 Å². The molecule has 0 saturated carbocycles. The maximum absolute atomic E-state index is 12.9. The third-order valence-electron chi connectivity index (χ3n) is 4.28. The van der Waals surface area contributed by atoms with Gasteiger partial charge in [-0.05, 0) is 17.7 Å². The van der Waals surface area contributed by atoms with Gasteiger partial charge >= 0.3 is 0 Å². The Hall–Kier alpha value is -2.87. The highest BCUT2D eigenvalue weighted by Gasteiger charge is 2.59. The van der Waals surface area contributed by atoms with Crippen LogP contribution in [0.3, 0.4) is 0 Å². The molecule has 0 unspecified atom stereocenters. The fraction of sp³-hybridized carbons (Fsp3) is 0.125. The Balaban J connectivity index is 1.81. The molecule has 1 heterocycles. The number of carbonyl (C=O) groups is 1. The molecule has 2 aromatic carbocycles. The highest BCUT2D eigenvalue weighted by molar-refractivity contribution is 7.84. The van der Waals surface area contributed by atoms with Crippen molar-refractivity contribution in [1.82, 2.24) is 0 Å². The number of Topliss-reactive ketones (excluding diaryl/α,β-unsaturated/α-hetero) is 1. The Labute approximate surface area is 138 Å². The van der Waals surface area contributed by atoms with Crippen molar-refractivity contribution in [3.8, 4) is 0 Å². The van der Waals surface area contributed by atoms with Crippen LogP contribution in [0.5, 0.6) is 0 Å². The maximum Gasteiger partial charge on any atom is 0.269 e. The van der Waals surface area contributed by atoms with Gasteiger partial charge in [-0.1, -0.05) is 29.4 Å². The zero-order chi connectivity index (χ0) is 16.9. The van der Waals surface area contributed by atoms with Crippen LogP contribution in [0.4, 0.5) is 5.69 Å². The first-order valence-corrected chi connectivity index (χ1v) is 8.17. The molecule has 1 aliphatic carbocycles. The number of hydrogen-bond acceptors (Lipinski definition) is 6. The second-order valence-electron chi connectivity index (χ2n) is 5.54. The first-order chi connectivity index (χ1) is 11.5. The second kappa shape index (κ2) is 5.07. The minimum Gasteiger partial charge on any atom is -0.292 e. The summed E-state index contributed by atoms with van der Waals surface area (Å²) in [7, 11) is 0. The van der Waals surface area contributed by atoms with Gasteiger partial charge in [0.25, 0.3) is 16.8 Å². The van der Waals surface area contributed by atoms with E-state index in [1.807, 2.05) is 12.1 Å². The summed E-state index contributed by atoms with van der Waals surface area (Å²) in [6, 6.07) is 12.7. The van der Waals surface area contributed by atoms with Gasteiger partial charge in [0.2, 0.25) is 0 Å². The zero-order valence-electron chi connectivity index (χ0n) is 12.2. The molecule has 0 saturated heterocycles. The lowest BCUT2D eigenvalue weighted by molar-refractivity contribution is -0.384.